The molecule has 4 rings (SSSR count). The number of amides is 1. The van der Waals surface area contributed by atoms with E-state index in [-0.39, 0.29) is 11.7 Å². The largest absolute Gasteiger partial charge is 0.494 e. The SMILES string of the molecule is CCOc1ccc(NC(=O)CSc2nnc(-c3ccc(Cl)cc3)n2-c2ccc(CC)cc2)cc1. The second kappa shape index (κ2) is 11.2. The van der Waals surface area contributed by atoms with Crippen LogP contribution in [0.2, 0.25) is 5.02 Å². The molecule has 1 heterocycles. The van der Waals surface area contributed by atoms with E-state index in [1.807, 2.05) is 72.2 Å². The molecule has 0 fully saturated rings. The minimum Gasteiger partial charge on any atom is -0.494 e. The van der Waals surface area contributed by atoms with Gasteiger partial charge in [0, 0.05) is 22.0 Å². The highest BCUT2D eigenvalue weighted by atomic mass is 35.5. The Bertz CT molecular complexity index is 1240. The predicted octanol–water partition coefficient (Wildman–Crippen LogP) is 6.28. The number of ether oxygens (including phenoxy) is 1. The summed E-state index contributed by atoms with van der Waals surface area (Å²) in [6.07, 6.45) is 0.958. The number of hydrogen-bond acceptors (Lipinski definition) is 5. The normalized spacial score (nSPS) is 10.8. The lowest BCUT2D eigenvalue weighted by molar-refractivity contribution is -0.113. The molecule has 0 atom stereocenters. The summed E-state index contributed by atoms with van der Waals surface area (Å²) in [7, 11) is 0. The number of carbonyl (C=O) groups is 1. The average molecular weight is 493 g/mol. The summed E-state index contributed by atoms with van der Waals surface area (Å²) in [5, 5.41) is 13.0. The van der Waals surface area contributed by atoms with E-state index in [1.165, 1.54) is 17.3 Å². The fourth-order valence-corrected chi connectivity index (χ4v) is 4.27. The molecule has 1 aromatic heterocycles. The fraction of sp³-hybridized carbons (Fsp3) is 0.192. The van der Waals surface area contributed by atoms with E-state index in [1.54, 1.807) is 0 Å². The maximum atomic E-state index is 12.6. The average Bonchev–Trinajstić information content (AvgIpc) is 3.28. The van der Waals surface area contributed by atoms with Crippen molar-refractivity contribution in [2.45, 2.75) is 25.4 Å². The van der Waals surface area contributed by atoms with Gasteiger partial charge in [-0.05, 0) is 79.6 Å². The van der Waals surface area contributed by atoms with Crippen molar-refractivity contribution >= 4 is 35.0 Å². The van der Waals surface area contributed by atoms with Gasteiger partial charge in [0.2, 0.25) is 5.91 Å². The van der Waals surface area contributed by atoms with Crippen molar-refractivity contribution in [1.82, 2.24) is 14.8 Å². The molecule has 174 valence electrons. The molecule has 8 heteroatoms. The molecule has 34 heavy (non-hydrogen) atoms. The summed E-state index contributed by atoms with van der Waals surface area (Å²) in [5.41, 5.74) is 3.78. The Morgan fingerprint density at radius 2 is 1.68 bits per heavy atom. The summed E-state index contributed by atoms with van der Waals surface area (Å²) in [4.78, 5) is 12.6. The minimum absolute atomic E-state index is 0.127. The summed E-state index contributed by atoms with van der Waals surface area (Å²) >= 11 is 7.41. The van der Waals surface area contributed by atoms with Crippen LogP contribution < -0.4 is 10.1 Å². The van der Waals surface area contributed by atoms with Gasteiger partial charge in [-0.1, -0.05) is 42.4 Å². The maximum Gasteiger partial charge on any atom is 0.234 e. The van der Waals surface area contributed by atoms with E-state index in [9.17, 15) is 4.79 Å². The first-order chi connectivity index (χ1) is 16.6. The van der Waals surface area contributed by atoms with Crippen molar-refractivity contribution in [3.05, 3.63) is 83.4 Å². The number of nitrogens with zero attached hydrogens (tertiary/aromatic N) is 3. The van der Waals surface area contributed by atoms with Gasteiger partial charge in [0.05, 0.1) is 12.4 Å². The van der Waals surface area contributed by atoms with E-state index in [2.05, 4.69) is 34.6 Å². The number of hydrogen-bond donors (Lipinski definition) is 1. The van der Waals surface area contributed by atoms with E-state index >= 15 is 0 Å². The van der Waals surface area contributed by atoms with Crippen LogP contribution in [-0.4, -0.2) is 33.0 Å². The van der Waals surface area contributed by atoms with Crippen LogP contribution in [0.3, 0.4) is 0 Å². The molecule has 1 amide bonds. The monoisotopic (exact) mass is 492 g/mol. The molecule has 0 bridgehead atoms. The molecular formula is C26H25ClN4O2S. The quantitative estimate of drug-likeness (QED) is 0.278. The number of carbonyl (C=O) groups excluding carboxylic acids is 1. The van der Waals surface area contributed by atoms with E-state index < -0.39 is 0 Å². The van der Waals surface area contributed by atoms with Gasteiger partial charge in [-0.25, -0.2) is 0 Å². The third-order valence-electron chi connectivity index (χ3n) is 5.12. The number of aryl methyl sites for hydroxylation is 1. The van der Waals surface area contributed by atoms with E-state index in [4.69, 9.17) is 16.3 Å². The number of rotatable bonds is 9. The number of aromatic nitrogens is 3. The van der Waals surface area contributed by atoms with Crippen molar-refractivity contribution < 1.29 is 9.53 Å². The molecule has 0 aliphatic rings. The first-order valence-corrected chi connectivity index (χ1v) is 12.4. The van der Waals surface area contributed by atoms with Crippen LogP contribution in [0.5, 0.6) is 5.75 Å². The third-order valence-corrected chi connectivity index (χ3v) is 6.30. The molecule has 0 radical (unpaired) electrons. The zero-order valence-electron chi connectivity index (χ0n) is 19.0. The lowest BCUT2D eigenvalue weighted by atomic mass is 10.1. The zero-order valence-corrected chi connectivity index (χ0v) is 20.6. The van der Waals surface area contributed by atoms with Crippen LogP contribution in [0.15, 0.2) is 78.0 Å². The summed E-state index contributed by atoms with van der Waals surface area (Å²) in [6.45, 7) is 4.65. The van der Waals surface area contributed by atoms with Gasteiger partial charge in [-0.2, -0.15) is 0 Å². The highest BCUT2D eigenvalue weighted by molar-refractivity contribution is 7.99. The first kappa shape index (κ1) is 23.9. The van der Waals surface area contributed by atoms with Crippen LogP contribution in [0.1, 0.15) is 19.4 Å². The number of thioether (sulfide) groups is 1. The second-order valence-corrected chi connectivity index (χ2v) is 8.84. The Balaban J connectivity index is 1.54. The third kappa shape index (κ3) is 5.79. The molecule has 0 spiro atoms. The Kier molecular flexibility index (Phi) is 7.87. The van der Waals surface area contributed by atoms with Gasteiger partial charge >= 0.3 is 0 Å². The smallest absolute Gasteiger partial charge is 0.234 e. The number of nitrogens with one attached hydrogen (secondary N) is 1. The van der Waals surface area contributed by atoms with Crippen molar-refractivity contribution in [1.29, 1.82) is 0 Å². The standard InChI is InChI=1S/C26H25ClN4O2S/c1-3-18-5-13-22(14-6-18)31-25(19-7-9-20(27)10-8-19)29-30-26(31)34-17-24(32)28-21-11-15-23(16-12-21)33-4-2/h5-16H,3-4,17H2,1-2H3,(H,28,32). The van der Waals surface area contributed by atoms with Gasteiger partial charge < -0.3 is 10.1 Å². The van der Waals surface area contributed by atoms with Crippen molar-refractivity contribution in [3.8, 4) is 22.8 Å². The Hall–Kier alpha value is -3.29. The number of benzene rings is 3. The first-order valence-electron chi connectivity index (χ1n) is 11.0. The molecular weight excluding hydrogens is 468 g/mol. The van der Waals surface area contributed by atoms with E-state index in [0.717, 1.165) is 23.4 Å². The molecule has 1 N–H and O–H groups in total. The highest BCUT2D eigenvalue weighted by Gasteiger charge is 2.17. The summed E-state index contributed by atoms with van der Waals surface area (Å²) in [6, 6.07) is 23.1. The van der Waals surface area contributed by atoms with Crippen molar-refractivity contribution in [3.63, 3.8) is 0 Å². The van der Waals surface area contributed by atoms with Crippen LogP contribution in [0, 0.1) is 0 Å². The maximum absolute atomic E-state index is 12.6. The lowest BCUT2D eigenvalue weighted by Gasteiger charge is -2.11. The van der Waals surface area contributed by atoms with Crippen LogP contribution >= 0.6 is 23.4 Å². The van der Waals surface area contributed by atoms with Crippen molar-refractivity contribution in [2.24, 2.45) is 0 Å². The molecule has 0 saturated heterocycles. The number of anilines is 1. The minimum atomic E-state index is -0.127. The van der Waals surface area contributed by atoms with Crippen molar-refractivity contribution in [2.75, 3.05) is 17.7 Å². The fourth-order valence-electron chi connectivity index (χ4n) is 3.39. The van der Waals surface area contributed by atoms with Gasteiger partial charge in [-0.3, -0.25) is 9.36 Å². The molecule has 6 nitrogen and oxygen atoms in total. The molecule has 0 saturated carbocycles. The van der Waals surface area contributed by atoms with E-state index in [0.29, 0.717) is 28.3 Å². The Labute approximate surface area is 208 Å². The molecule has 0 unspecified atom stereocenters. The molecule has 0 aliphatic carbocycles. The predicted molar refractivity (Wildman–Crippen MR) is 138 cm³/mol. The molecule has 0 aliphatic heterocycles. The van der Waals surface area contributed by atoms with Gasteiger partial charge in [0.25, 0.3) is 0 Å². The van der Waals surface area contributed by atoms with Crippen LogP contribution in [0.4, 0.5) is 5.69 Å². The highest BCUT2D eigenvalue weighted by Crippen LogP contribution is 2.29. The molecule has 4 aromatic rings. The van der Waals surface area contributed by atoms with Crippen LogP contribution in [-0.2, 0) is 11.2 Å². The molecule has 3 aromatic carbocycles. The lowest BCUT2D eigenvalue weighted by Crippen LogP contribution is -2.14. The Morgan fingerprint density at radius 1 is 0.971 bits per heavy atom. The zero-order chi connectivity index (χ0) is 23.9. The second-order valence-electron chi connectivity index (χ2n) is 7.46. The topological polar surface area (TPSA) is 69.0 Å². The van der Waals surface area contributed by atoms with Crippen LogP contribution in [0.25, 0.3) is 17.1 Å². The van der Waals surface area contributed by atoms with Gasteiger partial charge in [0.1, 0.15) is 5.75 Å². The summed E-state index contributed by atoms with van der Waals surface area (Å²) in [5.74, 6) is 1.53. The Morgan fingerprint density at radius 3 is 2.32 bits per heavy atom. The summed E-state index contributed by atoms with van der Waals surface area (Å²) < 4.78 is 7.41. The van der Waals surface area contributed by atoms with Gasteiger partial charge in [-0.15, -0.1) is 10.2 Å². The van der Waals surface area contributed by atoms with Gasteiger partial charge in [0.15, 0.2) is 11.0 Å². The number of halogens is 1.